The number of nitrogens with zero attached hydrogens (tertiary/aromatic N) is 1. The van der Waals surface area contributed by atoms with Gasteiger partial charge in [0.2, 0.25) is 11.8 Å². The van der Waals surface area contributed by atoms with Crippen LogP contribution in [0, 0.1) is 0 Å². The van der Waals surface area contributed by atoms with Crippen molar-refractivity contribution in [1.82, 2.24) is 4.90 Å². The molecule has 1 aliphatic rings. The summed E-state index contributed by atoms with van der Waals surface area (Å²) in [4.78, 5) is 25.2. The standard InChI is InChI=1S/C15H21N3O2/c1-10(2)11-5-3-4-6-12(11)15(14(17)20)8-18(9-15)13(19)7-16/h3-6,10H,7-9,16H2,1-2H3,(H2,17,20). The van der Waals surface area contributed by atoms with Crippen molar-refractivity contribution in [1.29, 1.82) is 0 Å². The molecule has 0 radical (unpaired) electrons. The lowest BCUT2D eigenvalue weighted by atomic mass is 9.70. The molecule has 5 heteroatoms. The second-order valence-corrected chi connectivity index (χ2v) is 5.64. The molecule has 0 bridgehead atoms. The first kappa shape index (κ1) is 14.5. The van der Waals surface area contributed by atoms with Gasteiger partial charge in [-0.3, -0.25) is 9.59 Å². The van der Waals surface area contributed by atoms with Crippen LogP contribution in [0.2, 0.25) is 0 Å². The zero-order valence-electron chi connectivity index (χ0n) is 11.9. The van der Waals surface area contributed by atoms with E-state index in [1.165, 1.54) is 0 Å². The van der Waals surface area contributed by atoms with E-state index in [4.69, 9.17) is 11.5 Å². The predicted octanol–water partition coefficient (Wildman–Crippen LogP) is 0.334. The second-order valence-electron chi connectivity index (χ2n) is 5.64. The van der Waals surface area contributed by atoms with Crippen molar-refractivity contribution in [2.24, 2.45) is 11.5 Å². The van der Waals surface area contributed by atoms with Gasteiger partial charge >= 0.3 is 0 Å². The Bertz CT molecular complexity index is 534. The van der Waals surface area contributed by atoms with E-state index in [0.717, 1.165) is 11.1 Å². The van der Waals surface area contributed by atoms with E-state index < -0.39 is 5.41 Å². The van der Waals surface area contributed by atoms with Crippen LogP contribution >= 0.6 is 0 Å². The Morgan fingerprint density at radius 3 is 2.40 bits per heavy atom. The molecule has 0 spiro atoms. The molecular formula is C15H21N3O2. The molecule has 0 unspecified atom stereocenters. The lowest BCUT2D eigenvalue weighted by molar-refractivity contribution is -0.143. The Morgan fingerprint density at radius 2 is 1.90 bits per heavy atom. The van der Waals surface area contributed by atoms with Gasteiger partial charge in [-0.1, -0.05) is 38.1 Å². The molecule has 2 rings (SSSR count). The maximum atomic E-state index is 12.0. The van der Waals surface area contributed by atoms with Crippen LogP contribution in [-0.4, -0.2) is 36.3 Å². The second kappa shape index (κ2) is 5.25. The maximum Gasteiger partial charge on any atom is 0.236 e. The highest BCUT2D eigenvalue weighted by Gasteiger charge is 2.51. The fourth-order valence-corrected chi connectivity index (χ4v) is 2.81. The van der Waals surface area contributed by atoms with Crippen LogP contribution in [-0.2, 0) is 15.0 Å². The minimum atomic E-state index is -0.772. The summed E-state index contributed by atoms with van der Waals surface area (Å²) in [6, 6.07) is 7.80. The summed E-state index contributed by atoms with van der Waals surface area (Å²) in [5, 5.41) is 0. The monoisotopic (exact) mass is 275 g/mol. The summed E-state index contributed by atoms with van der Waals surface area (Å²) in [5.74, 6) is -0.239. The molecule has 2 amide bonds. The van der Waals surface area contributed by atoms with E-state index in [-0.39, 0.29) is 18.4 Å². The van der Waals surface area contributed by atoms with Crippen molar-refractivity contribution in [2.45, 2.75) is 25.2 Å². The Balaban J connectivity index is 2.38. The summed E-state index contributed by atoms with van der Waals surface area (Å²) < 4.78 is 0. The molecule has 4 N–H and O–H groups in total. The maximum absolute atomic E-state index is 12.0. The molecule has 108 valence electrons. The average molecular weight is 275 g/mol. The summed E-state index contributed by atoms with van der Waals surface area (Å²) >= 11 is 0. The van der Waals surface area contributed by atoms with Crippen molar-refractivity contribution in [3.8, 4) is 0 Å². The molecular weight excluding hydrogens is 254 g/mol. The van der Waals surface area contributed by atoms with Gasteiger partial charge in [0.1, 0.15) is 5.41 Å². The van der Waals surface area contributed by atoms with Crippen LogP contribution < -0.4 is 11.5 Å². The molecule has 1 aromatic carbocycles. The highest BCUT2D eigenvalue weighted by atomic mass is 16.2. The number of hydrogen-bond acceptors (Lipinski definition) is 3. The van der Waals surface area contributed by atoms with Gasteiger partial charge in [0.05, 0.1) is 6.54 Å². The fourth-order valence-electron chi connectivity index (χ4n) is 2.81. The molecule has 20 heavy (non-hydrogen) atoms. The van der Waals surface area contributed by atoms with Gasteiger partial charge in [-0.15, -0.1) is 0 Å². The van der Waals surface area contributed by atoms with Crippen LogP contribution in [0.4, 0.5) is 0 Å². The molecule has 1 aromatic rings. The smallest absolute Gasteiger partial charge is 0.236 e. The highest BCUT2D eigenvalue weighted by Crippen LogP contribution is 2.38. The molecule has 0 saturated carbocycles. The minimum absolute atomic E-state index is 0.0410. The number of carbonyl (C=O) groups is 2. The Kier molecular flexibility index (Phi) is 3.81. The van der Waals surface area contributed by atoms with E-state index in [9.17, 15) is 9.59 Å². The first-order valence-electron chi connectivity index (χ1n) is 6.79. The fraction of sp³-hybridized carbons (Fsp3) is 0.467. The number of nitrogens with two attached hydrogens (primary N) is 2. The van der Waals surface area contributed by atoms with E-state index in [2.05, 4.69) is 13.8 Å². The number of hydrogen-bond donors (Lipinski definition) is 2. The van der Waals surface area contributed by atoms with Gasteiger partial charge in [-0.05, 0) is 17.0 Å². The van der Waals surface area contributed by atoms with Crippen LogP contribution in [0.25, 0.3) is 0 Å². The minimum Gasteiger partial charge on any atom is -0.369 e. The van der Waals surface area contributed by atoms with Crippen molar-refractivity contribution < 1.29 is 9.59 Å². The third-order valence-electron chi connectivity index (χ3n) is 4.02. The number of benzene rings is 1. The first-order chi connectivity index (χ1) is 9.42. The number of rotatable bonds is 4. The lowest BCUT2D eigenvalue weighted by Gasteiger charge is -2.49. The molecule has 0 atom stereocenters. The van der Waals surface area contributed by atoms with Gasteiger partial charge in [-0.25, -0.2) is 0 Å². The summed E-state index contributed by atoms with van der Waals surface area (Å²) in [5.41, 5.74) is 12.3. The quantitative estimate of drug-likeness (QED) is 0.830. The molecule has 1 fully saturated rings. The molecule has 1 saturated heterocycles. The molecule has 0 aliphatic carbocycles. The number of amides is 2. The largest absolute Gasteiger partial charge is 0.369 e. The van der Waals surface area contributed by atoms with Gasteiger partial charge in [0, 0.05) is 13.1 Å². The van der Waals surface area contributed by atoms with Gasteiger partial charge in [-0.2, -0.15) is 0 Å². The zero-order valence-corrected chi connectivity index (χ0v) is 11.9. The number of likely N-dealkylation sites (tertiary alicyclic amines) is 1. The average Bonchev–Trinajstić information content (AvgIpc) is 2.37. The zero-order chi connectivity index (χ0) is 14.9. The van der Waals surface area contributed by atoms with Crippen molar-refractivity contribution >= 4 is 11.8 Å². The van der Waals surface area contributed by atoms with E-state index in [1.807, 2.05) is 24.3 Å². The summed E-state index contributed by atoms with van der Waals surface area (Å²) in [6.45, 7) is 4.76. The SMILES string of the molecule is CC(C)c1ccccc1C1(C(N)=O)CN(C(=O)CN)C1. The normalized spacial score (nSPS) is 16.9. The lowest BCUT2D eigenvalue weighted by Crippen LogP contribution is -2.67. The van der Waals surface area contributed by atoms with Crippen molar-refractivity contribution in [3.63, 3.8) is 0 Å². The van der Waals surface area contributed by atoms with Crippen molar-refractivity contribution in [3.05, 3.63) is 35.4 Å². The molecule has 1 aliphatic heterocycles. The van der Waals surface area contributed by atoms with E-state index >= 15 is 0 Å². The molecule has 1 heterocycles. The Hall–Kier alpha value is -1.88. The Labute approximate surface area is 118 Å². The molecule has 5 nitrogen and oxygen atoms in total. The predicted molar refractivity (Wildman–Crippen MR) is 77.0 cm³/mol. The summed E-state index contributed by atoms with van der Waals surface area (Å²) in [7, 11) is 0. The van der Waals surface area contributed by atoms with E-state index in [1.54, 1.807) is 4.90 Å². The third kappa shape index (κ3) is 2.18. The van der Waals surface area contributed by atoms with Crippen LogP contribution in [0.5, 0.6) is 0 Å². The first-order valence-corrected chi connectivity index (χ1v) is 6.79. The van der Waals surface area contributed by atoms with Crippen LogP contribution in [0.15, 0.2) is 24.3 Å². The van der Waals surface area contributed by atoms with Gasteiger partial charge in [0.25, 0.3) is 0 Å². The highest BCUT2D eigenvalue weighted by molar-refractivity contribution is 5.92. The topological polar surface area (TPSA) is 89.4 Å². The molecule has 0 aromatic heterocycles. The van der Waals surface area contributed by atoms with Gasteiger partial charge in [0.15, 0.2) is 0 Å². The Morgan fingerprint density at radius 1 is 1.30 bits per heavy atom. The number of primary amides is 1. The number of carbonyl (C=O) groups excluding carboxylic acids is 2. The van der Waals surface area contributed by atoms with E-state index in [0.29, 0.717) is 19.0 Å². The van der Waals surface area contributed by atoms with Crippen LogP contribution in [0.1, 0.15) is 30.9 Å². The third-order valence-corrected chi connectivity index (χ3v) is 4.02. The van der Waals surface area contributed by atoms with Crippen LogP contribution in [0.3, 0.4) is 0 Å². The van der Waals surface area contributed by atoms with Crippen molar-refractivity contribution in [2.75, 3.05) is 19.6 Å². The van der Waals surface area contributed by atoms with Gasteiger partial charge < -0.3 is 16.4 Å². The summed E-state index contributed by atoms with van der Waals surface area (Å²) in [6.07, 6.45) is 0.